The van der Waals surface area contributed by atoms with Gasteiger partial charge in [-0.25, -0.2) is 4.98 Å². The van der Waals surface area contributed by atoms with Crippen LogP contribution < -0.4 is 5.56 Å². The summed E-state index contributed by atoms with van der Waals surface area (Å²) in [5.74, 6) is 1.84. The van der Waals surface area contributed by atoms with Crippen LogP contribution in [0.4, 0.5) is 0 Å². The lowest BCUT2D eigenvalue weighted by Crippen LogP contribution is -2.24. The standard InChI is InChI=1S/C22H21ClN4O2S/c1-14(2)10-11-27-21(28)17-9-8-16(23)12-18(17)24-22(27)30-13-19-25-26-20(29-19)15-6-4-3-5-7-15/h3-9,12,14H,10-11,13H2,1-2H3. The molecule has 0 N–H and O–H groups in total. The van der Waals surface area contributed by atoms with Crippen molar-refractivity contribution in [2.75, 3.05) is 0 Å². The van der Waals surface area contributed by atoms with E-state index in [0.29, 0.717) is 51.1 Å². The van der Waals surface area contributed by atoms with E-state index in [1.807, 2.05) is 30.3 Å². The first-order valence-corrected chi connectivity index (χ1v) is 11.1. The van der Waals surface area contributed by atoms with Crippen molar-refractivity contribution >= 4 is 34.3 Å². The normalized spacial score (nSPS) is 11.5. The summed E-state index contributed by atoms with van der Waals surface area (Å²) in [5.41, 5.74) is 1.40. The molecule has 0 spiro atoms. The molecule has 0 aliphatic rings. The zero-order valence-corrected chi connectivity index (χ0v) is 18.3. The van der Waals surface area contributed by atoms with E-state index in [2.05, 4.69) is 24.0 Å². The zero-order chi connectivity index (χ0) is 21.1. The van der Waals surface area contributed by atoms with Gasteiger partial charge < -0.3 is 4.42 Å². The molecule has 2 aromatic carbocycles. The number of halogens is 1. The van der Waals surface area contributed by atoms with Gasteiger partial charge in [0.2, 0.25) is 11.8 Å². The molecule has 0 radical (unpaired) electrons. The van der Waals surface area contributed by atoms with Gasteiger partial charge in [0.15, 0.2) is 5.16 Å². The smallest absolute Gasteiger partial charge is 0.262 e. The van der Waals surface area contributed by atoms with E-state index in [-0.39, 0.29) is 5.56 Å². The number of hydrogen-bond donors (Lipinski definition) is 0. The van der Waals surface area contributed by atoms with Gasteiger partial charge in [-0.1, -0.05) is 55.4 Å². The van der Waals surface area contributed by atoms with Crippen LogP contribution in [0.1, 0.15) is 26.2 Å². The molecule has 6 nitrogen and oxygen atoms in total. The fourth-order valence-electron chi connectivity index (χ4n) is 3.00. The first-order valence-electron chi connectivity index (χ1n) is 9.72. The third-order valence-electron chi connectivity index (χ3n) is 4.62. The zero-order valence-electron chi connectivity index (χ0n) is 16.7. The molecule has 0 atom stereocenters. The molecule has 30 heavy (non-hydrogen) atoms. The maximum Gasteiger partial charge on any atom is 0.262 e. The Balaban J connectivity index is 1.63. The third-order valence-corrected chi connectivity index (χ3v) is 5.82. The Morgan fingerprint density at radius 1 is 1.13 bits per heavy atom. The minimum absolute atomic E-state index is 0.0599. The van der Waals surface area contributed by atoms with Gasteiger partial charge in [-0.15, -0.1) is 10.2 Å². The summed E-state index contributed by atoms with van der Waals surface area (Å²) in [6, 6.07) is 14.8. The lowest BCUT2D eigenvalue weighted by atomic mass is 10.1. The maximum atomic E-state index is 13.1. The van der Waals surface area contributed by atoms with Crippen molar-refractivity contribution in [1.82, 2.24) is 19.7 Å². The lowest BCUT2D eigenvalue weighted by molar-refractivity contribution is 0.480. The van der Waals surface area contributed by atoms with Gasteiger partial charge in [0.05, 0.1) is 16.7 Å². The predicted octanol–water partition coefficient (Wildman–Crippen LogP) is 5.44. The Morgan fingerprint density at radius 3 is 2.70 bits per heavy atom. The second-order valence-electron chi connectivity index (χ2n) is 7.35. The van der Waals surface area contributed by atoms with Crippen LogP contribution in [0.3, 0.4) is 0 Å². The number of hydrogen-bond acceptors (Lipinski definition) is 6. The van der Waals surface area contributed by atoms with Crippen LogP contribution in [0.15, 0.2) is 62.9 Å². The Labute approximate surface area is 183 Å². The average Bonchev–Trinajstić information content (AvgIpc) is 3.21. The van der Waals surface area contributed by atoms with Crippen LogP contribution in [0, 0.1) is 5.92 Å². The Morgan fingerprint density at radius 2 is 1.93 bits per heavy atom. The van der Waals surface area contributed by atoms with E-state index in [1.54, 1.807) is 22.8 Å². The van der Waals surface area contributed by atoms with Gasteiger partial charge in [-0.3, -0.25) is 9.36 Å². The summed E-state index contributed by atoms with van der Waals surface area (Å²) in [5, 5.41) is 10.00. The molecule has 4 aromatic rings. The van der Waals surface area contributed by atoms with Crippen LogP contribution >= 0.6 is 23.4 Å². The molecular weight excluding hydrogens is 420 g/mol. The van der Waals surface area contributed by atoms with E-state index in [4.69, 9.17) is 21.0 Å². The van der Waals surface area contributed by atoms with E-state index >= 15 is 0 Å². The van der Waals surface area contributed by atoms with Gasteiger partial charge in [0.1, 0.15) is 0 Å². The number of nitrogens with zero attached hydrogens (tertiary/aromatic N) is 4. The number of rotatable bonds is 7. The van der Waals surface area contributed by atoms with Gasteiger partial charge in [-0.05, 0) is 42.7 Å². The molecule has 0 saturated carbocycles. The quantitative estimate of drug-likeness (QED) is 0.281. The van der Waals surface area contributed by atoms with E-state index < -0.39 is 0 Å². The molecule has 0 aliphatic heterocycles. The fraction of sp³-hybridized carbons (Fsp3) is 0.273. The number of aromatic nitrogens is 4. The minimum atomic E-state index is -0.0599. The van der Waals surface area contributed by atoms with Crippen molar-refractivity contribution in [3.8, 4) is 11.5 Å². The van der Waals surface area contributed by atoms with Crippen LogP contribution in [0.25, 0.3) is 22.4 Å². The SMILES string of the molecule is CC(C)CCn1c(SCc2nnc(-c3ccccc3)o2)nc2cc(Cl)ccc2c1=O. The van der Waals surface area contributed by atoms with Crippen LogP contribution in [-0.2, 0) is 12.3 Å². The monoisotopic (exact) mass is 440 g/mol. The summed E-state index contributed by atoms with van der Waals surface area (Å²) in [4.78, 5) is 17.8. The van der Waals surface area contributed by atoms with Crippen molar-refractivity contribution in [1.29, 1.82) is 0 Å². The Kier molecular flexibility index (Phi) is 6.20. The van der Waals surface area contributed by atoms with Gasteiger partial charge in [-0.2, -0.15) is 0 Å². The molecule has 2 aromatic heterocycles. The molecule has 0 fully saturated rings. The predicted molar refractivity (Wildman–Crippen MR) is 120 cm³/mol. The summed E-state index contributed by atoms with van der Waals surface area (Å²) < 4.78 is 7.52. The second kappa shape index (κ2) is 9.02. The third kappa shape index (κ3) is 4.57. The fourth-order valence-corrected chi connectivity index (χ4v) is 4.03. The lowest BCUT2D eigenvalue weighted by Gasteiger charge is -2.13. The number of thioether (sulfide) groups is 1. The topological polar surface area (TPSA) is 73.8 Å². The van der Waals surface area contributed by atoms with Crippen LogP contribution in [-0.4, -0.2) is 19.7 Å². The van der Waals surface area contributed by atoms with Crippen molar-refractivity contribution in [2.45, 2.75) is 37.7 Å². The summed E-state index contributed by atoms with van der Waals surface area (Å²) in [6.45, 7) is 4.87. The molecule has 8 heteroatoms. The van der Waals surface area contributed by atoms with Crippen molar-refractivity contribution in [3.63, 3.8) is 0 Å². The molecule has 154 valence electrons. The van der Waals surface area contributed by atoms with Gasteiger partial charge >= 0.3 is 0 Å². The minimum Gasteiger partial charge on any atom is -0.420 e. The molecular formula is C22H21ClN4O2S. The summed E-state index contributed by atoms with van der Waals surface area (Å²) in [6.07, 6.45) is 0.882. The average molecular weight is 441 g/mol. The van der Waals surface area contributed by atoms with E-state index in [9.17, 15) is 4.79 Å². The van der Waals surface area contributed by atoms with Crippen molar-refractivity contribution < 1.29 is 4.42 Å². The molecule has 2 heterocycles. The van der Waals surface area contributed by atoms with Crippen LogP contribution in [0.2, 0.25) is 5.02 Å². The molecule has 0 aliphatic carbocycles. The summed E-state index contributed by atoms with van der Waals surface area (Å²) in [7, 11) is 0. The first-order chi connectivity index (χ1) is 14.5. The first kappa shape index (κ1) is 20.6. The molecule has 0 amide bonds. The maximum absolute atomic E-state index is 13.1. The number of fused-ring (bicyclic) bond motifs is 1. The highest BCUT2D eigenvalue weighted by molar-refractivity contribution is 7.98. The van der Waals surface area contributed by atoms with Crippen molar-refractivity contribution in [2.24, 2.45) is 5.92 Å². The second-order valence-corrected chi connectivity index (χ2v) is 8.73. The molecule has 0 bridgehead atoms. The van der Waals surface area contributed by atoms with E-state index in [1.165, 1.54) is 11.8 Å². The highest BCUT2D eigenvalue weighted by Gasteiger charge is 2.15. The Bertz CT molecular complexity index is 1220. The highest BCUT2D eigenvalue weighted by atomic mass is 35.5. The van der Waals surface area contributed by atoms with Crippen LogP contribution in [0.5, 0.6) is 0 Å². The summed E-state index contributed by atoms with van der Waals surface area (Å²) >= 11 is 7.52. The Hall–Kier alpha value is -2.64. The molecule has 0 saturated heterocycles. The van der Waals surface area contributed by atoms with E-state index in [0.717, 1.165) is 12.0 Å². The largest absolute Gasteiger partial charge is 0.420 e. The van der Waals surface area contributed by atoms with Gasteiger partial charge in [0, 0.05) is 17.1 Å². The van der Waals surface area contributed by atoms with Crippen molar-refractivity contribution in [3.05, 3.63) is 69.8 Å². The molecule has 0 unspecified atom stereocenters. The molecule has 4 rings (SSSR count). The highest BCUT2D eigenvalue weighted by Crippen LogP contribution is 2.25. The number of benzene rings is 2. The van der Waals surface area contributed by atoms with Gasteiger partial charge in [0.25, 0.3) is 5.56 Å².